The molecule has 0 atom stereocenters. The number of urea groups is 1. The molecule has 0 aliphatic heterocycles. The first-order valence-corrected chi connectivity index (χ1v) is 7.84. The van der Waals surface area contributed by atoms with E-state index in [0.29, 0.717) is 0 Å². The lowest BCUT2D eigenvalue weighted by Gasteiger charge is -2.37. The maximum atomic E-state index is 12.0. The third-order valence-corrected chi connectivity index (χ3v) is 4.25. The molecule has 2 rings (SSSR count). The van der Waals surface area contributed by atoms with E-state index in [0.717, 1.165) is 18.7 Å². The third-order valence-electron chi connectivity index (χ3n) is 4.25. The molecule has 1 aliphatic carbocycles. The first-order valence-electron chi connectivity index (χ1n) is 7.84. The first-order chi connectivity index (χ1) is 10.1. The van der Waals surface area contributed by atoms with Crippen molar-refractivity contribution < 1.29 is 4.79 Å². The number of amides is 2. The molecule has 2 amide bonds. The van der Waals surface area contributed by atoms with E-state index in [1.807, 2.05) is 30.3 Å². The SMILES string of the molecule is C=C(C)CC1(CNC(=O)Nc2ccccc2)CCCCC1. The summed E-state index contributed by atoms with van der Waals surface area (Å²) in [6.45, 7) is 6.88. The summed E-state index contributed by atoms with van der Waals surface area (Å²) in [5.74, 6) is 0. The number of rotatable bonds is 5. The summed E-state index contributed by atoms with van der Waals surface area (Å²) in [4.78, 5) is 12.0. The molecule has 0 spiro atoms. The van der Waals surface area contributed by atoms with Crippen LogP contribution in [0, 0.1) is 5.41 Å². The number of benzene rings is 1. The van der Waals surface area contributed by atoms with Crippen LogP contribution in [0.4, 0.5) is 10.5 Å². The number of anilines is 1. The molecule has 1 fully saturated rings. The van der Waals surface area contributed by atoms with Crippen LogP contribution in [0.1, 0.15) is 45.4 Å². The molecule has 1 aromatic rings. The number of nitrogens with one attached hydrogen (secondary N) is 2. The highest BCUT2D eigenvalue weighted by atomic mass is 16.2. The molecule has 0 bridgehead atoms. The lowest BCUT2D eigenvalue weighted by Crippen LogP contribution is -2.41. The second-order valence-corrected chi connectivity index (χ2v) is 6.37. The van der Waals surface area contributed by atoms with Gasteiger partial charge in [-0.1, -0.05) is 43.0 Å². The standard InChI is InChI=1S/C18H26N2O/c1-15(2)13-18(11-7-4-8-12-18)14-19-17(21)20-16-9-5-3-6-10-16/h3,5-6,9-10H,1,4,7-8,11-14H2,2H3,(H2,19,20,21). The van der Waals surface area contributed by atoms with Crippen LogP contribution in [0.5, 0.6) is 0 Å². The van der Waals surface area contributed by atoms with Gasteiger partial charge >= 0.3 is 6.03 Å². The van der Waals surface area contributed by atoms with Crippen LogP contribution in [0.3, 0.4) is 0 Å². The van der Waals surface area contributed by atoms with Crippen molar-refractivity contribution in [3.63, 3.8) is 0 Å². The topological polar surface area (TPSA) is 41.1 Å². The van der Waals surface area contributed by atoms with Gasteiger partial charge in [-0.3, -0.25) is 0 Å². The Kier molecular flexibility index (Phi) is 5.43. The fourth-order valence-corrected chi connectivity index (χ4v) is 3.32. The van der Waals surface area contributed by atoms with Gasteiger partial charge in [0.25, 0.3) is 0 Å². The predicted molar refractivity (Wildman–Crippen MR) is 88.4 cm³/mol. The Labute approximate surface area is 127 Å². The summed E-state index contributed by atoms with van der Waals surface area (Å²) < 4.78 is 0. The zero-order valence-electron chi connectivity index (χ0n) is 13.0. The maximum absolute atomic E-state index is 12.0. The van der Waals surface area contributed by atoms with E-state index in [2.05, 4.69) is 24.1 Å². The second kappa shape index (κ2) is 7.30. The number of carbonyl (C=O) groups is 1. The fourth-order valence-electron chi connectivity index (χ4n) is 3.32. The van der Waals surface area contributed by atoms with Crippen LogP contribution in [0.2, 0.25) is 0 Å². The van der Waals surface area contributed by atoms with Crippen molar-refractivity contribution in [3.8, 4) is 0 Å². The summed E-state index contributed by atoms with van der Waals surface area (Å²) in [5, 5.41) is 5.94. The van der Waals surface area contributed by atoms with Crippen molar-refractivity contribution in [1.82, 2.24) is 5.32 Å². The van der Waals surface area contributed by atoms with E-state index < -0.39 is 0 Å². The van der Waals surface area contributed by atoms with Crippen LogP contribution < -0.4 is 10.6 Å². The van der Waals surface area contributed by atoms with Gasteiger partial charge in [-0.2, -0.15) is 0 Å². The molecule has 1 aliphatic rings. The Morgan fingerprint density at radius 2 is 1.86 bits per heavy atom. The molecule has 0 saturated heterocycles. The van der Waals surface area contributed by atoms with E-state index in [-0.39, 0.29) is 11.4 Å². The molecule has 1 aromatic carbocycles. The Bertz CT molecular complexity index is 475. The molecule has 1 saturated carbocycles. The molecule has 0 unspecified atom stereocenters. The summed E-state index contributed by atoms with van der Waals surface area (Å²) in [7, 11) is 0. The lowest BCUT2D eigenvalue weighted by molar-refractivity contribution is 0.181. The number of para-hydroxylation sites is 1. The third kappa shape index (κ3) is 4.92. The van der Waals surface area contributed by atoms with Crippen LogP contribution in [-0.2, 0) is 0 Å². The van der Waals surface area contributed by atoms with Gasteiger partial charge in [0, 0.05) is 12.2 Å². The summed E-state index contributed by atoms with van der Waals surface area (Å²) in [6, 6.07) is 9.44. The van der Waals surface area contributed by atoms with E-state index in [1.54, 1.807) is 0 Å². The van der Waals surface area contributed by atoms with Gasteiger partial charge in [-0.05, 0) is 43.7 Å². The van der Waals surface area contributed by atoms with E-state index in [9.17, 15) is 4.79 Å². The summed E-state index contributed by atoms with van der Waals surface area (Å²) in [5.41, 5.74) is 2.24. The average molecular weight is 286 g/mol. The van der Waals surface area contributed by atoms with Gasteiger partial charge < -0.3 is 10.6 Å². The maximum Gasteiger partial charge on any atom is 0.319 e. The smallest absolute Gasteiger partial charge is 0.319 e. The zero-order valence-corrected chi connectivity index (χ0v) is 13.0. The fraction of sp³-hybridized carbons (Fsp3) is 0.500. The van der Waals surface area contributed by atoms with Crippen molar-refractivity contribution in [1.29, 1.82) is 0 Å². The molecule has 3 heteroatoms. The Morgan fingerprint density at radius 3 is 2.48 bits per heavy atom. The molecule has 0 aromatic heterocycles. The molecule has 0 radical (unpaired) electrons. The van der Waals surface area contributed by atoms with Crippen molar-refractivity contribution in [3.05, 3.63) is 42.5 Å². The van der Waals surface area contributed by atoms with Crippen molar-refractivity contribution in [2.75, 3.05) is 11.9 Å². The van der Waals surface area contributed by atoms with Gasteiger partial charge in [0.15, 0.2) is 0 Å². The van der Waals surface area contributed by atoms with E-state index in [1.165, 1.54) is 37.7 Å². The number of hydrogen-bond acceptors (Lipinski definition) is 1. The van der Waals surface area contributed by atoms with Gasteiger partial charge in [0.05, 0.1) is 0 Å². The Hall–Kier alpha value is -1.77. The zero-order chi connectivity index (χ0) is 15.1. The van der Waals surface area contributed by atoms with E-state index >= 15 is 0 Å². The number of allylic oxidation sites excluding steroid dienone is 1. The van der Waals surface area contributed by atoms with Gasteiger partial charge in [0.2, 0.25) is 0 Å². The van der Waals surface area contributed by atoms with Crippen molar-refractivity contribution in [2.45, 2.75) is 45.4 Å². The largest absolute Gasteiger partial charge is 0.337 e. The van der Waals surface area contributed by atoms with Crippen molar-refractivity contribution >= 4 is 11.7 Å². The molecular weight excluding hydrogens is 260 g/mol. The van der Waals surface area contributed by atoms with E-state index in [4.69, 9.17) is 0 Å². The molecular formula is C18H26N2O. The average Bonchev–Trinajstić information content (AvgIpc) is 2.47. The second-order valence-electron chi connectivity index (χ2n) is 6.37. The minimum atomic E-state index is -0.118. The van der Waals surface area contributed by atoms with Gasteiger partial charge in [-0.25, -0.2) is 4.79 Å². The molecule has 114 valence electrons. The Balaban J connectivity index is 1.89. The van der Waals surface area contributed by atoms with Crippen LogP contribution in [0.15, 0.2) is 42.5 Å². The Morgan fingerprint density at radius 1 is 1.19 bits per heavy atom. The van der Waals surface area contributed by atoms with Gasteiger partial charge in [0.1, 0.15) is 0 Å². The number of hydrogen-bond donors (Lipinski definition) is 2. The summed E-state index contributed by atoms with van der Waals surface area (Å²) in [6.07, 6.45) is 7.22. The van der Waals surface area contributed by atoms with Crippen LogP contribution in [-0.4, -0.2) is 12.6 Å². The van der Waals surface area contributed by atoms with Crippen LogP contribution in [0.25, 0.3) is 0 Å². The van der Waals surface area contributed by atoms with Gasteiger partial charge in [-0.15, -0.1) is 6.58 Å². The molecule has 21 heavy (non-hydrogen) atoms. The molecule has 3 nitrogen and oxygen atoms in total. The number of carbonyl (C=O) groups excluding carboxylic acids is 1. The predicted octanol–water partition coefficient (Wildman–Crippen LogP) is 4.72. The molecule has 0 heterocycles. The van der Waals surface area contributed by atoms with Crippen LogP contribution >= 0.6 is 0 Å². The van der Waals surface area contributed by atoms with Crippen molar-refractivity contribution in [2.24, 2.45) is 5.41 Å². The minimum Gasteiger partial charge on any atom is -0.337 e. The summed E-state index contributed by atoms with van der Waals surface area (Å²) >= 11 is 0. The monoisotopic (exact) mass is 286 g/mol. The highest BCUT2D eigenvalue weighted by Crippen LogP contribution is 2.40. The minimum absolute atomic E-state index is 0.118. The highest BCUT2D eigenvalue weighted by Gasteiger charge is 2.32. The highest BCUT2D eigenvalue weighted by molar-refractivity contribution is 5.89. The normalized spacial score (nSPS) is 17.0. The lowest BCUT2D eigenvalue weighted by atomic mass is 9.70. The first kappa shape index (κ1) is 15.6. The quantitative estimate of drug-likeness (QED) is 0.755. The molecule has 2 N–H and O–H groups in total.